The summed E-state index contributed by atoms with van der Waals surface area (Å²) in [5.74, 6) is 0.0938. The van der Waals surface area contributed by atoms with Crippen LogP contribution in [0.1, 0.15) is 54.9 Å². The Kier molecular flexibility index (Phi) is 7.15. The number of benzene rings is 2. The number of amides is 1. The number of piperidine rings is 1. The minimum atomic E-state index is -3.76. The first kappa shape index (κ1) is 22.3. The second kappa shape index (κ2) is 9.62. The van der Waals surface area contributed by atoms with Crippen LogP contribution >= 0.6 is 0 Å². The number of ether oxygens (including phenoxy) is 1. The fourth-order valence-electron chi connectivity index (χ4n) is 3.82. The van der Waals surface area contributed by atoms with Gasteiger partial charge in [-0.25, -0.2) is 8.42 Å². The molecule has 2 aromatic rings. The summed E-state index contributed by atoms with van der Waals surface area (Å²) in [6, 6.07) is 14.4. The van der Waals surface area contributed by atoms with Crippen molar-refractivity contribution in [2.75, 3.05) is 20.2 Å². The summed E-state index contributed by atoms with van der Waals surface area (Å²) in [4.78, 5) is 12.8. The van der Waals surface area contributed by atoms with E-state index in [-0.39, 0.29) is 28.5 Å². The third-order valence-corrected chi connectivity index (χ3v) is 7.73. The number of hydrogen-bond acceptors (Lipinski definition) is 4. The molecule has 2 atom stereocenters. The minimum Gasteiger partial charge on any atom is -0.495 e. The zero-order chi connectivity index (χ0) is 21.7. The Morgan fingerprint density at radius 3 is 2.60 bits per heavy atom. The van der Waals surface area contributed by atoms with Crippen LogP contribution in [0.5, 0.6) is 5.75 Å². The zero-order valence-electron chi connectivity index (χ0n) is 17.8. The molecule has 3 rings (SSSR count). The van der Waals surface area contributed by atoms with Crippen LogP contribution in [0.4, 0.5) is 0 Å². The third-order valence-electron chi connectivity index (χ3n) is 5.69. The number of sulfonamides is 1. The highest BCUT2D eigenvalue weighted by Gasteiger charge is 2.33. The maximum atomic E-state index is 13.3. The van der Waals surface area contributed by atoms with E-state index in [4.69, 9.17) is 4.74 Å². The highest BCUT2D eigenvalue weighted by molar-refractivity contribution is 7.89. The van der Waals surface area contributed by atoms with Gasteiger partial charge in [0.1, 0.15) is 10.6 Å². The van der Waals surface area contributed by atoms with E-state index in [1.54, 1.807) is 12.1 Å². The van der Waals surface area contributed by atoms with Crippen molar-refractivity contribution in [3.8, 4) is 5.75 Å². The van der Waals surface area contributed by atoms with Crippen molar-refractivity contribution in [1.29, 1.82) is 0 Å². The van der Waals surface area contributed by atoms with Crippen molar-refractivity contribution in [1.82, 2.24) is 9.62 Å². The SMILES string of the molecule is COc1ccc(C(=O)NCC(C)c2ccccc2)cc1S(=O)(=O)N1CCCCC1C. The van der Waals surface area contributed by atoms with Gasteiger partial charge in [-0.15, -0.1) is 0 Å². The summed E-state index contributed by atoms with van der Waals surface area (Å²) in [7, 11) is -2.32. The first-order chi connectivity index (χ1) is 14.3. The molecule has 162 valence electrons. The molecule has 0 bridgehead atoms. The lowest BCUT2D eigenvalue weighted by Crippen LogP contribution is -2.42. The van der Waals surface area contributed by atoms with Crippen molar-refractivity contribution in [3.05, 3.63) is 59.7 Å². The summed E-state index contributed by atoms with van der Waals surface area (Å²) >= 11 is 0. The second-order valence-electron chi connectivity index (χ2n) is 7.85. The van der Waals surface area contributed by atoms with Gasteiger partial charge in [0.25, 0.3) is 5.91 Å². The molecule has 1 heterocycles. The molecule has 1 aliphatic heterocycles. The van der Waals surface area contributed by atoms with Crippen molar-refractivity contribution in [3.63, 3.8) is 0 Å². The van der Waals surface area contributed by atoms with Crippen molar-refractivity contribution >= 4 is 15.9 Å². The lowest BCUT2D eigenvalue weighted by atomic mass is 10.0. The summed E-state index contributed by atoms with van der Waals surface area (Å²) in [6.07, 6.45) is 2.69. The fraction of sp³-hybridized carbons (Fsp3) is 0.435. The first-order valence-corrected chi connectivity index (χ1v) is 11.8. The van der Waals surface area contributed by atoms with Gasteiger partial charge < -0.3 is 10.1 Å². The lowest BCUT2D eigenvalue weighted by Gasteiger charge is -2.32. The molecule has 1 fully saturated rings. The molecule has 0 spiro atoms. The second-order valence-corrected chi connectivity index (χ2v) is 9.71. The minimum absolute atomic E-state index is 0.0440. The fourth-order valence-corrected chi connectivity index (χ4v) is 5.70. The molecule has 1 amide bonds. The van der Waals surface area contributed by atoms with Gasteiger partial charge >= 0.3 is 0 Å². The Morgan fingerprint density at radius 1 is 1.20 bits per heavy atom. The Labute approximate surface area is 179 Å². The molecule has 0 aliphatic carbocycles. The molecule has 1 aliphatic rings. The van der Waals surface area contributed by atoms with E-state index in [0.29, 0.717) is 18.7 Å². The van der Waals surface area contributed by atoms with Crippen molar-refractivity contribution in [2.24, 2.45) is 0 Å². The third kappa shape index (κ3) is 4.84. The molecular weight excluding hydrogens is 400 g/mol. The predicted molar refractivity (Wildman–Crippen MR) is 117 cm³/mol. The number of methoxy groups -OCH3 is 1. The first-order valence-electron chi connectivity index (χ1n) is 10.4. The highest BCUT2D eigenvalue weighted by Crippen LogP contribution is 2.31. The number of nitrogens with zero attached hydrogens (tertiary/aromatic N) is 1. The average Bonchev–Trinajstić information content (AvgIpc) is 2.77. The van der Waals surface area contributed by atoms with Crippen molar-refractivity contribution in [2.45, 2.75) is 50.0 Å². The summed E-state index contributed by atoms with van der Waals surface area (Å²) in [5, 5.41) is 2.91. The normalized spacial score (nSPS) is 18.6. The van der Waals surface area contributed by atoms with E-state index < -0.39 is 10.0 Å². The van der Waals surface area contributed by atoms with E-state index in [1.165, 1.54) is 17.5 Å². The molecule has 2 aromatic carbocycles. The van der Waals surface area contributed by atoms with Gasteiger partial charge in [0, 0.05) is 24.7 Å². The molecular formula is C23H30N2O4S. The number of carbonyl (C=O) groups excluding carboxylic acids is 1. The summed E-state index contributed by atoms with van der Waals surface area (Å²) in [5.41, 5.74) is 1.44. The molecule has 2 unspecified atom stereocenters. The van der Waals surface area contributed by atoms with Gasteiger partial charge in [-0.2, -0.15) is 4.31 Å². The monoisotopic (exact) mass is 430 g/mol. The van der Waals surface area contributed by atoms with E-state index in [9.17, 15) is 13.2 Å². The number of rotatable bonds is 7. The maximum Gasteiger partial charge on any atom is 0.251 e. The smallest absolute Gasteiger partial charge is 0.251 e. The van der Waals surface area contributed by atoms with Gasteiger partial charge in [-0.05, 0) is 49.4 Å². The van der Waals surface area contributed by atoms with E-state index in [0.717, 1.165) is 24.8 Å². The van der Waals surface area contributed by atoms with Gasteiger partial charge in [0.2, 0.25) is 10.0 Å². The van der Waals surface area contributed by atoms with E-state index >= 15 is 0 Å². The molecule has 0 aromatic heterocycles. The molecule has 6 nitrogen and oxygen atoms in total. The largest absolute Gasteiger partial charge is 0.495 e. The number of nitrogens with one attached hydrogen (secondary N) is 1. The van der Waals surface area contributed by atoms with E-state index in [2.05, 4.69) is 5.32 Å². The standard InChI is InChI=1S/C23H30N2O4S/c1-17(19-10-5-4-6-11-19)16-24-23(26)20-12-13-21(29-3)22(15-20)30(27,28)25-14-8-7-9-18(25)2/h4-6,10-13,15,17-18H,7-9,14,16H2,1-3H3,(H,24,26). The van der Waals surface area contributed by atoms with Crippen LogP contribution in [0, 0.1) is 0 Å². The van der Waals surface area contributed by atoms with Crippen LogP contribution in [-0.2, 0) is 10.0 Å². The van der Waals surface area contributed by atoms with Crippen molar-refractivity contribution < 1.29 is 17.9 Å². The summed E-state index contributed by atoms with van der Waals surface area (Å²) < 4.78 is 33.5. The Hall–Kier alpha value is -2.38. The number of carbonyl (C=O) groups is 1. The zero-order valence-corrected chi connectivity index (χ0v) is 18.6. The van der Waals surface area contributed by atoms with E-state index in [1.807, 2.05) is 44.2 Å². The molecule has 1 N–H and O–H groups in total. The molecule has 7 heteroatoms. The lowest BCUT2D eigenvalue weighted by molar-refractivity contribution is 0.0951. The molecule has 1 saturated heterocycles. The van der Waals surface area contributed by atoms with Crippen LogP contribution in [0.25, 0.3) is 0 Å². The highest BCUT2D eigenvalue weighted by atomic mass is 32.2. The van der Waals surface area contributed by atoms with Crippen LogP contribution in [0.3, 0.4) is 0 Å². The summed E-state index contributed by atoms with van der Waals surface area (Å²) in [6.45, 7) is 4.90. The van der Waals surface area contributed by atoms with Crippen LogP contribution < -0.4 is 10.1 Å². The maximum absolute atomic E-state index is 13.3. The predicted octanol–water partition coefficient (Wildman–Crippen LogP) is 3.79. The Balaban J connectivity index is 1.80. The molecule has 0 radical (unpaired) electrons. The van der Waals surface area contributed by atoms with Crippen LogP contribution in [0.15, 0.2) is 53.4 Å². The van der Waals surface area contributed by atoms with Gasteiger partial charge in [-0.1, -0.05) is 43.7 Å². The Bertz CT molecular complexity index is 976. The van der Waals surface area contributed by atoms with Gasteiger partial charge in [-0.3, -0.25) is 4.79 Å². The van der Waals surface area contributed by atoms with Crippen LogP contribution in [-0.4, -0.2) is 44.9 Å². The molecule has 0 saturated carbocycles. The topological polar surface area (TPSA) is 75.7 Å². The quantitative estimate of drug-likeness (QED) is 0.725. The number of hydrogen-bond donors (Lipinski definition) is 1. The van der Waals surface area contributed by atoms with Gasteiger partial charge in [0.15, 0.2) is 0 Å². The van der Waals surface area contributed by atoms with Crippen LogP contribution in [0.2, 0.25) is 0 Å². The molecule has 30 heavy (non-hydrogen) atoms. The average molecular weight is 431 g/mol. The Morgan fingerprint density at radius 2 is 1.93 bits per heavy atom. The van der Waals surface area contributed by atoms with Gasteiger partial charge in [0.05, 0.1) is 7.11 Å².